The highest BCUT2D eigenvalue weighted by Crippen LogP contribution is 2.12. The molecule has 0 bridgehead atoms. The van der Waals surface area contributed by atoms with E-state index in [0.29, 0.717) is 17.9 Å². The summed E-state index contributed by atoms with van der Waals surface area (Å²) in [4.78, 5) is 2.52. The second-order valence-electron chi connectivity index (χ2n) is 5.07. The predicted octanol–water partition coefficient (Wildman–Crippen LogP) is 3.73. The molecule has 0 radical (unpaired) electrons. The molecule has 1 heteroatoms. The molecule has 88 valence electrons. The van der Waals surface area contributed by atoms with Gasteiger partial charge in [-0.1, -0.05) is 39.8 Å². The van der Waals surface area contributed by atoms with Gasteiger partial charge in [0, 0.05) is 19.1 Å². The van der Waals surface area contributed by atoms with Crippen LogP contribution in [-0.4, -0.2) is 24.0 Å². The molecule has 0 aromatic rings. The highest BCUT2D eigenvalue weighted by Gasteiger charge is 2.16. The minimum atomic E-state index is 0.451. The minimum Gasteiger partial charge on any atom is -0.296 e. The van der Waals surface area contributed by atoms with Gasteiger partial charge in [-0.3, -0.25) is 4.90 Å². The maximum atomic E-state index is 3.93. The van der Waals surface area contributed by atoms with Gasteiger partial charge in [0.15, 0.2) is 0 Å². The minimum absolute atomic E-state index is 0.451. The first kappa shape index (κ1) is 14.4. The summed E-state index contributed by atoms with van der Waals surface area (Å²) < 4.78 is 0. The molecule has 0 N–H and O–H groups in total. The van der Waals surface area contributed by atoms with E-state index in [0.717, 1.165) is 19.5 Å². The Morgan fingerprint density at radius 1 is 1.00 bits per heavy atom. The average molecular weight is 209 g/mol. The fourth-order valence-corrected chi connectivity index (χ4v) is 1.85. The Hall–Kier alpha value is -0.560. The van der Waals surface area contributed by atoms with Crippen LogP contribution in [0.25, 0.3) is 0 Å². The molecule has 1 atom stereocenters. The quantitative estimate of drug-likeness (QED) is 0.551. The predicted molar refractivity (Wildman–Crippen MR) is 70.0 cm³/mol. The van der Waals surface area contributed by atoms with Crippen LogP contribution in [0.15, 0.2) is 25.3 Å². The Morgan fingerprint density at radius 3 is 1.73 bits per heavy atom. The molecular formula is C14H27N. The van der Waals surface area contributed by atoms with E-state index in [1.54, 1.807) is 0 Å². The van der Waals surface area contributed by atoms with Crippen molar-refractivity contribution < 1.29 is 0 Å². The third-order valence-electron chi connectivity index (χ3n) is 2.35. The smallest absolute Gasteiger partial charge is 0.0310 e. The molecule has 0 amide bonds. The van der Waals surface area contributed by atoms with E-state index in [2.05, 4.69) is 45.8 Å². The maximum Gasteiger partial charge on any atom is 0.0310 e. The molecule has 0 aromatic carbocycles. The van der Waals surface area contributed by atoms with Crippen molar-refractivity contribution in [3.05, 3.63) is 25.3 Å². The van der Waals surface area contributed by atoms with Gasteiger partial charge in [0.25, 0.3) is 0 Å². The van der Waals surface area contributed by atoms with Gasteiger partial charge in [-0.05, 0) is 18.3 Å². The van der Waals surface area contributed by atoms with Crippen LogP contribution in [0.1, 0.15) is 34.1 Å². The Morgan fingerprint density at radius 2 is 1.47 bits per heavy atom. The van der Waals surface area contributed by atoms with Gasteiger partial charge in [0.2, 0.25) is 0 Å². The number of hydrogen-bond acceptors (Lipinski definition) is 1. The molecule has 0 rings (SSSR count). The molecule has 0 saturated heterocycles. The average Bonchev–Trinajstić information content (AvgIpc) is 2.11. The molecule has 0 aliphatic heterocycles. The van der Waals surface area contributed by atoms with Crippen molar-refractivity contribution in [2.75, 3.05) is 13.1 Å². The molecule has 0 aliphatic rings. The summed E-state index contributed by atoms with van der Waals surface area (Å²) in [6.07, 6.45) is 5.04. The normalized spacial score (nSPS) is 13.5. The monoisotopic (exact) mass is 209 g/mol. The fraction of sp³-hybridized carbons (Fsp3) is 0.714. The molecule has 0 fully saturated rings. The summed E-state index contributed by atoms with van der Waals surface area (Å²) in [6, 6.07) is 0.451. The number of rotatable bonds is 8. The second kappa shape index (κ2) is 7.70. The zero-order valence-corrected chi connectivity index (χ0v) is 10.9. The third-order valence-corrected chi connectivity index (χ3v) is 2.35. The van der Waals surface area contributed by atoms with Crippen LogP contribution in [0.5, 0.6) is 0 Å². The molecule has 0 saturated carbocycles. The topological polar surface area (TPSA) is 3.24 Å². The van der Waals surface area contributed by atoms with Crippen molar-refractivity contribution in [1.29, 1.82) is 0 Å². The highest BCUT2D eigenvalue weighted by molar-refractivity contribution is 4.93. The zero-order chi connectivity index (χ0) is 11.8. The van der Waals surface area contributed by atoms with Gasteiger partial charge in [-0.15, -0.1) is 13.2 Å². The second-order valence-corrected chi connectivity index (χ2v) is 5.07. The first-order valence-corrected chi connectivity index (χ1v) is 5.98. The summed E-state index contributed by atoms with van der Waals surface area (Å²) in [5.74, 6) is 1.41. The molecular weight excluding hydrogens is 182 g/mol. The van der Waals surface area contributed by atoms with Crippen LogP contribution in [0.3, 0.4) is 0 Å². The standard InChI is InChI=1S/C14H27N/c1-7-9-14(8-2)15(10-12(3)4)11-13(5)6/h7-8,12-14H,1-2,9-11H2,3-6H3. The Bertz CT molecular complexity index is 172. The van der Waals surface area contributed by atoms with Gasteiger partial charge >= 0.3 is 0 Å². The Balaban J connectivity index is 4.41. The van der Waals surface area contributed by atoms with Gasteiger partial charge in [-0.25, -0.2) is 0 Å². The van der Waals surface area contributed by atoms with Crippen molar-refractivity contribution in [1.82, 2.24) is 4.90 Å². The SMILES string of the molecule is C=CCC(C=C)N(CC(C)C)CC(C)C. The molecule has 0 heterocycles. The van der Waals surface area contributed by atoms with Crippen LogP contribution < -0.4 is 0 Å². The third kappa shape index (κ3) is 6.51. The molecule has 1 nitrogen and oxygen atoms in total. The van der Waals surface area contributed by atoms with E-state index in [1.807, 2.05) is 12.2 Å². The van der Waals surface area contributed by atoms with Crippen molar-refractivity contribution in [2.45, 2.75) is 40.2 Å². The van der Waals surface area contributed by atoms with Crippen LogP contribution in [-0.2, 0) is 0 Å². The van der Waals surface area contributed by atoms with Crippen molar-refractivity contribution in [3.63, 3.8) is 0 Å². The summed E-state index contributed by atoms with van der Waals surface area (Å²) in [6.45, 7) is 19.1. The van der Waals surface area contributed by atoms with Crippen LogP contribution >= 0.6 is 0 Å². The molecule has 0 aliphatic carbocycles. The summed E-state index contributed by atoms with van der Waals surface area (Å²) in [5.41, 5.74) is 0. The lowest BCUT2D eigenvalue weighted by Crippen LogP contribution is -2.38. The van der Waals surface area contributed by atoms with E-state index in [1.165, 1.54) is 0 Å². The van der Waals surface area contributed by atoms with Gasteiger partial charge in [0.1, 0.15) is 0 Å². The summed E-state index contributed by atoms with van der Waals surface area (Å²) >= 11 is 0. The van der Waals surface area contributed by atoms with E-state index in [4.69, 9.17) is 0 Å². The van der Waals surface area contributed by atoms with E-state index in [-0.39, 0.29) is 0 Å². The Kier molecular flexibility index (Phi) is 7.41. The highest BCUT2D eigenvalue weighted by atomic mass is 15.2. The number of hydrogen-bond donors (Lipinski definition) is 0. The van der Waals surface area contributed by atoms with Crippen LogP contribution in [0, 0.1) is 11.8 Å². The Labute approximate surface area is 95.9 Å². The lowest BCUT2D eigenvalue weighted by Gasteiger charge is -2.32. The van der Waals surface area contributed by atoms with E-state index >= 15 is 0 Å². The van der Waals surface area contributed by atoms with E-state index < -0.39 is 0 Å². The largest absolute Gasteiger partial charge is 0.296 e. The first-order valence-electron chi connectivity index (χ1n) is 5.98. The fourth-order valence-electron chi connectivity index (χ4n) is 1.85. The van der Waals surface area contributed by atoms with Crippen LogP contribution in [0.4, 0.5) is 0 Å². The zero-order valence-electron chi connectivity index (χ0n) is 10.9. The van der Waals surface area contributed by atoms with E-state index in [9.17, 15) is 0 Å². The molecule has 1 unspecified atom stereocenters. The summed E-state index contributed by atoms with van der Waals surface area (Å²) in [7, 11) is 0. The van der Waals surface area contributed by atoms with Crippen molar-refractivity contribution >= 4 is 0 Å². The lowest BCUT2D eigenvalue weighted by molar-refractivity contribution is 0.183. The van der Waals surface area contributed by atoms with Gasteiger partial charge in [-0.2, -0.15) is 0 Å². The van der Waals surface area contributed by atoms with Gasteiger partial charge in [0.05, 0.1) is 0 Å². The summed E-state index contributed by atoms with van der Waals surface area (Å²) in [5, 5.41) is 0. The number of nitrogens with zero attached hydrogens (tertiary/aromatic N) is 1. The van der Waals surface area contributed by atoms with Crippen molar-refractivity contribution in [2.24, 2.45) is 11.8 Å². The van der Waals surface area contributed by atoms with Gasteiger partial charge < -0.3 is 0 Å². The molecule has 0 aromatic heterocycles. The molecule has 0 spiro atoms. The lowest BCUT2D eigenvalue weighted by atomic mass is 10.1. The first-order chi connectivity index (χ1) is 7.01. The van der Waals surface area contributed by atoms with Crippen LogP contribution in [0.2, 0.25) is 0 Å². The molecule has 15 heavy (non-hydrogen) atoms. The maximum absolute atomic E-state index is 3.93. The van der Waals surface area contributed by atoms with Crippen molar-refractivity contribution in [3.8, 4) is 0 Å².